The van der Waals surface area contributed by atoms with Crippen molar-refractivity contribution in [1.29, 1.82) is 0 Å². The van der Waals surface area contributed by atoms with E-state index in [1.807, 2.05) is 56.3 Å². The van der Waals surface area contributed by atoms with Crippen LogP contribution < -0.4 is 15.4 Å². The van der Waals surface area contributed by atoms with E-state index < -0.39 is 5.91 Å². The Balaban J connectivity index is 1.56. The molecule has 0 aliphatic carbocycles. The predicted molar refractivity (Wildman–Crippen MR) is 151 cm³/mol. The van der Waals surface area contributed by atoms with Crippen molar-refractivity contribution in [2.75, 3.05) is 18.2 Å². The maximum Gasteiger partial charge on any atom is 0.253 e. The number of aryl methyl sites for hydroxylation is 2. The maximum absolute atomic E-state index is 12.8. The molecular weight excluding hydrogens is 545 g/mol. The third kappa shape index (κ3) is 6.48. The molecule has 0 aliphatic heterocycles. The van der Waals surface area contributed by atoms with E-state index in [0.717, 1.165) is 16.8 Å². The van der Waals surface area contributed by atoms with Crippen LogP contribution in [0.1, 0.15) is 27.3 Å². The van der Waals surface area contributed by atoms with Crippen molar-refractivity contribution < 1.29 is 14.3 Å². The van der Waals surface area contributed by atoms with E-state index >= 15 is 0 Å². The number of halogens is 2. The van der Waals surface area contributed by atoms with Crippen molar-refractivity contribution in [2.45, 2.75) is 25.5 Å². The van der Waals surface area contributed by atoms with Gasteiger partial charge in [0.15, 0.2) is 11.0 Å². The summed E-state index contributed by atoms with van der Waals surface area (Å²) in [6, 6.07) is 17.9. The van der Waals surface area contributed by atoms with E-state index in [4.69, 9.17) is 27.9 Å². The fourth-order valence-electron chi connectivity index (χ4n) is 3.68. The molecule has 0 spiro atoms. The molecule has 0 saturated heterocycles. The molecule has 0 aliphatic rings. The van der Waals surface area contributed by atoms with Gasteiger partial charge in [-0.1, -0.05) is 59.2 Å². The molecule has 38 heavy (non-hydrogen) atoms. The summed E-state index contributed by atoms with van der Waals surface area (Å²) in [4.78, 5) is 25.6. The third-order valence-electron chi connectivity index (χ3n) is 5.61. The van der Waals surface area contributed by atoms with Crippen LogP contribution >= 0.6 is 35.0 Å². The van der Waals surface area contributed by atoms with Gasteiger partial charge in [0.05, 0.1) is 35.7 Å². The fraction of sp³-hybridized carbons (Fsp3) is 0.185. The van der Waals surface area contributed by atoms with Crippen molar-refractivity contribution >= 4 is 52.5 Å². The Morgan fingerprint density at radius 3 is 2.61 bits per heavy atom. The van der Waals surface area contributed by atoms with Gasteiger partial charge in [0.25, 0.3) is 5.91 Å². The summed E-state index contributed by atoms with van der Waals surface area (Å²) in [6.07, 6.45) is 0. The second-order valence-electron chi connectivity index (χ2n) is 8.37. The topological polar surface area (TPSA) is 98.1 Å². The second-order valence-corrected chi connectivity index (χ2v) is 10.2. The van der Waals surface area contributed by atoms with E-state index in [2.05, 4.69) is 20.8 Å². The molecule has 11 heteroatoms. The number of nitrogens with zero attached hydrogens (tertiary/aromatic N) is 3. The van der Waals surface area contributed by atoms with Gasteiger partial charge >= 0.3 is 0 Å². The molecule has 0 radical (unpaired) electrons. The Labute approximate surface area is 234 Å². The molecule has 0 saturated carbocycles. The minimum Gasteiger partial charge on any atom is -0.495 e. The highest BCUT2D eigenvalue weighted by Crippen LogP contribution is 2.29. The standard InChI is InChI=1S/C27H25Cl2N5O3S/c1-16-8-9-17(2)21(12-16)31-25(35)15-38-27-33-32-24(34(27)22-6-4-5-7-23(22)37-3)14-30-26(36)19-13-18(28)10-11-20(19)29/h4-13H,14-15H2,1-3H3,(H,30,36)(H,31,35). The first-order chi connectivity index (χ1) is 18.3. The zero-order valence-corrected chi connectivity index (χ0v) is 23.2. The molecule has 2 N–H and O–H groups in total. The average Bonchev–Trinajstić information content (AvgIpc) is 3.32. The highest BCUT2D eigenvalue weighted by molar-refractivity contribution is 7.99. The van der Waals surface area contributed by atoms with Crippen LogP contribution in [-0.4, -0.2) is 39.4 Å². The van der Waals surface area contributed by atoms with Gasteiger partial charge in [-0.25, -0.2) is 0 Å². The average molecular weight is 571 g/mol. The van der Waals surface area contributed by atoms with Crippen molar-refractivity contribution in [1.82, 2.24) is 20.1 Å². The lowest BCUT2D eigenvalue weighted by atomic mass is 10.1. The molecule has 0 fully saturated rings. The van der Waals surface area contributed by atoms with E-state index in [9.17, 15) is 9.59 Å². The lowest BCUT2D eigenvalue weighted by Gasteiger charge is -2.14. The lowest BCUT2D eigenvalue weighted by molar-refractivity contribution is -0.113. The number of hydrogen-bond acceptors (Lipinski definition) is 6. The molecule has 4 aromatic rings. The van der Waals surface area contributed by atoms with E-state index in [1.165, 1.54) is 17.8 Å². The summed E-state index contributed by atoms with van der Waals surface area (Å²) < 4.78 is 7.31. The number of ether oxygens (including phenoxy) is 1. The number of para-hydroxylation sites is 2. The predicted octanol–water partition coefficient (Wildman–Crippen LogP) is 5.86. The van der Waals surface area contributed by atoms with Crippen LogP contribution in [0.2, 0.25) is 10.0 Å². The first-order valence-corrected chi connectivity index (χ1v) is 13.3. The van der Waals surface area contributed by atoms with Gasteiger partial charge in [0.1, 0.15) is 5.75 Å². The number of benzene rings is 3. The summed E-state index contributed by atoms with van der Waals surface area (Å²) in [5, 5.41) is 15.5. The summed E-state index contributed by atoms with van der Waals surface area (Å²) in [6.45, 7) is 3.96. The number of carbonyl (C=O) groups is 2. The van der Waals surface area contributed by atoms with Gasteiger partial charge in [-0.05, 0) is 61.4 Å². The van der Waals surface area contributed by atoms with Crippen LogP contribution in [0.25, 0.3) is 5.69 Å². The summed E-state index contributed by atoms with van der Waals surface area (Å²) in [5.74, 6) is 0.543. The van der Waals surface area contributed by atoms with Crippen LogP contribution in [-0.2, 0) is 11.3 Å². The van der Waals surface area contributed by atoms with Crippen molar-refractivity contribution in [2.24, 2.45) is 0 Å². The number of nitrogens with one attached hydrogen (secondary N) is 2. The Morgan fingerprint density at radius 1 is 1.03 bits per heavy atom. The first kappa shape index (κ1) is 27.5. The molecule has 1 heterocycles. The number of amides is 2. The molecule has 3 aromatic carbocycles. The minimum atomic E-state index is -0.408. The quantitative estimate of drug-likeness (QED) is 0.245. The summed E-state index contributed by atoms with van der Waals surface area (Å²) >= 11 is 13.4. The summed E-state index contributed by atoms with van der Waals surface area (Å²) in [7, 11) is 1.57. The third-order valence-corrected chi connectivity index (χ3v) is 7.10. The lowest BCUT2D eigenvalue weighted by Crippen LogP contribution is -2.25. The number of methoxy groups -OCH3 is 1. The highest BCUT2D eigenvalue weighted by atomic mass is 35.5. The van der Waals surface area contributed by atoms with Gasteiger partial charge in [-0.3, -0.25) is 14.2 Å². The summed E-state index contributed by atoms with van der Waals surface area (Å²) in [5.41, 5.74) is 3.72. The van der Waals surface area contributed by atoms with Crippen molar-refractivity contribution in [3.05, 3.63) is 93.2 Å². The van der Waals surface area contributed by atoms with Crippen LogP contribution in [0, 0.1) is 13.8 Å². The number of carbonyl (C=O) groups excluding carboxylic acids is 2. The molecule has 0 unspecified atom stereocenters. The van der Waals surface area contributed by atoms with Crippen LogP contribution in [0.3, 0.4) is 0 Å². The SMILES string of the molecule is COc1ccccc1-n1c(CNC(=O)c2cc(Cl)ccc2Cl)nnc1SCC(=O)Nc1cc(C)ccc1C. The Morgan fingerprint density at radius 2 is 1.82 bits per heavy atom. The largest absolute Gasteiger partial charge is 0.495 e. The number of anilines is 1. The van der Waals surface area contributed by atoms with Crippen LogP contribution in [0.15, 0.2) is 65.8 Å². The molecule has 4 rings (SSSR count). The highest BCUT2D eigenvalue weighted by Gasteiger charge is 2.20. The van der Waals surface area contributed by atoms with E-state index in [0.29, 0.717) is 27.4 Å². The number of rotatable bonds is 9. The second kappa shape index (κ2) is 12.3. The number of thioether (sulfide) groups is 1. The zero-order valence-electron chi connectivity index (χ0n) is 20.9. The fourth-order valence-corrected chi connectivity index (χ4v) is 4.82. The van der Waals surface area contributed by atoms with Crippen molar-refractivity contribution in [3.8, 4) is 11.4 Å². The Kier molecular flexibility index (Phi) is 8.93. The minimum absolute atomic E-state index is 0.0436. The first-order valence-electron chi connectivity index (χ1n) is 11.6. The molecule has 196 valence electrons. The molecule has 1 aromatic heterocycles. The van der Waals surface area contributed by atoms with Gasteiger partial charge < -0.3 is 15.4 Å². The Bertz CT molecular complexity index is 1490. The molecule has 2 amide bonds. The maximum atomic E-state index is 12.8. The monoisotopic (exact) mass is 569 g/mol. The van der Waals surface area contributed by atoms with E-state index in [1.54, 1.807) is 23.8 Å². The van der Waals surface area contributed by atoms with Gasteiger partial charge in [-0.15, -0.1) is 10.2 Å². The Hall–Kier alpha value is -3.53. The number of aromatic nitrogens is 3. The zero-order chi connectivity index (χ0) is 27.2. The molecular formula is C27H25Cl2N5O3S. The van der Waals surface area contributed by atoms with Gasteiger partial charge in [0, 0.05) is 10.7 Å². The normalized spacial score (nSPS) is 10.8. The van der Waals surface area contributed by atoms with Gasteiger partial charge in [-0.2, -0.15) is 0 Å². The van der Waals surface area contributed by atoms with Crippen molar-refractivity contribution in [3.63, 3.8) is 0 Å². The van der Waals surface area contributed by atoms with Crippen LogP contribution in [0.5, 0.6) is 5.75 Å². The molecule has 0 atom stereocenters. The number of hydrogen-bond donors (Lipinski definition) is 2. The van der Waals surface area contributed by atoms with E-state index in [-0.39, 0.29) is 28.8 Å². The van der Waals surface area contributed by atoms with Crippen LogP contribution in [0.4, 0.5) is 5.69 Å². The molecule has 8 nitrogen and oxygen atoms in total. The smallest absolute Gasteiger partial charge is 0.253 e. The molecule has 0 bridgehead atoms. The van der Waals surface area contributed by atoms with Gasteiger partial charge in [0.2, 0.25) is 5.91 Å².